The van der Waals surface area contributed by atoms with Gasteiger partial charge in [0.15, 0.2) is 0 Å². The summed E-state index contributed by atoms with van der Waals surface area (Å²) in [5, 5.41) is 5.20. The van der Waals surface area contributed by atoms with Gasteiger partial charge < -0.3 is 4.74 Å². The van der Waals surface area contributed by atoms with E-state index >= 15 is 0 Å². The SMILES string of the molecule is CC#CCCOc1c(C)cc(S(N)(=O)=O)c(C)c1C. The lowest BCUT2D eigenvalue weighted by molar-refractivity contribution is 0.322. The normalized spacial score (nSPS) is 10.8. The number of nitrogens with two attached hydrogens (primary N) is 1. The first-order valence-electron chi connectivity index (χ1n) is 5.95. The third-order valence-corrected chi connectivity index (χ3v) is 3.97. The molecule has 2 N–H and O–H groups in total. The topological polar surface area (TPSA) is 69.4 Å². The summed E-state index contributed by atoms with van der Waals surface area (Å²) in [6, 6.07) is 1.55. The summed E-state index contributed by atoms with van der Waals surface area (Å²) in [6.07, 6.45) is 0.644. The van der Waals surface area contributed by atoms with Crippen LogP contribution in [0.25, 0.3) is 0 Å². The lowest BCUT2D eigenvalue weighted by atomic mass is 10.1. The molecule has 0 spiro atoms. The number of sulfonamides is 1. The van der Waals surface area contributed by atoms with E-state index < -0.39 is 10.0 Å². The van der Waals surface area contributed by atoms with Crippen molar-refractivity contribution in [3.8, 4) is 17.6 Å². The predicted octanol–water partition coefficient (Wildman–Crippen LogP) is 2.05. The maximum Gasteiger partial charge on any atom is 0.238 e. The van der Waals surface area contributed by atoms with Gasteiger partial charge in [0.1, 0.15) is 5.75 Å². The molecule has 1 aromatic rings. The quantitative estimate of drug-likeness (QED) is 0.678. The lowest BCUT2D eigenvalue weighted by Gasteiger charge is -2.16. The fourth-order valence-electron chi connectivity index (χ4n) is 1.87. The molecule has 1 aromatic carbocycles. The van der Waals surface area contributed by atoms with Crippen molar-refractivity contribution in [2.45, 2.75) is 39.0 Å². The smallest absolute Gasteiger partial charge is 0.238 e. The van der Waals surface area contributed by atoms with Crippen LogP contribution in [0.3, 0.4) is 0 Å². The molecule has 0 amide bonds. The summed E-state index contributed by atoms with van der Waals surface area (Å²) in [4.78, 5) is 0.156. The van der Waals surface area contributed by atoms with E-state index in [2.05, 4.69) is 11.8 Å². The van der Waals surface area contributed by atoms with Crippen LogP contribution in [0.1, 0.15) is 30.0 Å². The summed E-state index contributed by atoms with van der Waals surface area (Å²) >= 11 is 0. The maximum absolute atomic E-state index is 11.5. The van der Waals surface area contributed by atoms with Crippen LogP contribution in [0.5, 0.6) is 5.75 Å². The zero-order valence-electron chi connectivity index (χ0n) is 11.7. The zero-order chi connectivity index (χ0) is 14.6. The summed E-state index contributed by atoms with van der Waals surface area (Å²) in [5.41, 5.74) is 2.19. The Bertz CT molecular complexity index is 637. The van der Waals surface area contributed by atoms with Crippen molar-refractivity contribution < 1.29 is 13.2 Å². The third-order valence-electron chi connectivity index (χ3n) is 2.94. The molecule has 0 heterocycles. The first-order valence-corrected chi connectivity index (χ1v) is 7.49. The highest BCUT2D eigenvalue weighted by Crippen LogP contribution is 2.30. The van der Waals surface area contributed by atoms with Crippen molar-refractivity contribution in [1.82, 2.24) is 0 Å². The molecule has 5 heteroatoms. The Morgan fingerprint density at radius 1 is 1.26 bits per heavy atom. The highest BCUT2D eigenvalue weighted by atomic mass is 32.2. The van der Waals surface area contributed by atoms with E-state index in [0.29, 0.717) is 24.3 Å². The molecule has 0 radical (unpaired) electrons. The molecule has 0 atom stereocenters. The van der Waals surface area contributed by atoms with Crippen LogP contribution >= 0.6 is 0 Å². The Hall–Kier alpha value is -1.51. The Kier molecular flexibility index (Phi) is 4.98. The van der Waals surface area contributed by atoms with Crippen molar-refractivity contribution in [2.75, 3.05) is 6.61 Å². The van der Waals surface area contributed by atoms with E-state index in [1.165, 1.54) is 0 Å². The summed E-state index contributed by atoms with van der Waals surface area (Å²) in [7, 11) is -3.70. The van der Waals surface area contributed by atoms with Crippen LogP contribution in [-0.2, 0) is 10.0 Å². The second-order valence-electron chi connectivity index (χ2n) is 4.34. The van der Waals surface area contributed by atoms with Gasteiger partial charge in [-0.3, -0.25) is 0 Å². The molecule has 0 aliphatic heterocycles. The van der Waals surface area contributed by atoms with Crippen LogP contribution in [0.4, 0.5) is 0 Å². The van der Waals surface area contributed by atoms with Gasteiger partial charge in [0.25, 0.3) is 0 Å². The molecule has 104 valence electrons. The Balaban J connectivity index is 3.15. The number of aryl methyl sites for hydroxylation is 1. The molecular weight excluding hydrogens is 262 g/mol. The first-order chi connectivity index (χ1) is 8.79. The minimum absolute atomic E-state index is 0.156. The number of benzene rings is 1. The molecule has 1 rings (SSSR count). The van der Waals surface area contributed by atoms with Crippen molar-refractivity contribution in [3.05, 3.63) is 22.8 Å². The molecular formula is C14H19NO3S. The molecule has 0 saturated heterocycles. The molecule has 0 aliphatic carbocycles. The largest absolute Gasteiger partial charge is 0.492 e. The molecule has 0 aromatic heterocycles. The fourth-order valence-corrected chi connectivity index (χ4v) is 2.79. The van der Waals surface area contributed by atoms with E-state index in [9.17, 15) is 8.42 Å². The summed E-state index contributed by atoms with van der Waals surface area (Å²) in [6.45, 7) is 7.63. The standard InChI is InChI=1S/C14H19NO3S/c1-5-6-7-8-18-14-10(2)9-13(19(15,16)17)11(3)12(14)4/h9H,7-8H2,1-4H3,(H2,15,16,17). The van der Waals surface area contributed by atoms with Crippen molar-refractivity contribution in [1.29, 1.82) is 0 Å². The molecule has 0 saturated carbocycles. The average Bonchev–Trinajstić information content (AvgIpc) is 2.31. The number of ether oxygens (including phenoxy) is 1. The van der Waals surface area contributed by atoms with Gasteiger partial charge in [0.05, 0.1) is 11.5 Å². The molecule has 19 heavy (non-hydrogen) atoms. The second-order valence-corrected chi connectivity index (χ2v) is 5.87. The highest BCUT2D eigenvalue weighted by Gasteiger charge is 2.18. The molecule has 0 bridgehead atoms. The van der Waals surface area contributed by atoms with Crippen molar-refractivity contribution in [3.63, 3.8) is 0 Å². The minimum atomic E-state index is -3.70. The average molecular weight is 281 g/mol. The summed E-state index contributed by atoms with van der Waals surface area (Å²) < 4.78 is 28.7. The van der Waals surface area contributed by atoms with Crippen LogP contribution in [0.15, 0.2) is 11.0 Å². The van der Waals surface area contributed by atoms with Crippen LogP contribution in [0, 0.1) is 32.6 Å². The van der Waals surface area contributed by atoms with E-state index in [1.54, 1.807) is 19.9 Å². The zero-order valence-corrected chi connectivity index (χ0v) is 12.5. The Labute approximate surface area is 115 Å². The fraction of sp³-hybridized carbons (Fsp3) is 0.429. The van der Waals surface area contributed by atoms with Gasteiger partial charge in [0.2, 0.25) is 10.0 Å². The monoisotopic (exact) mass is 281 g/mol. The van der Waals surface area contributed by atoms with E-state index in [-0.39, 0.29) is 4.90 Å². The maximum atomic E-state index is 11.5. The third kappa shape index (κ3) is 3.72. The summed E-state index contributed by atoms with van der Waals surface area (Å²) in [5.74, 6) is 6.43. The van der Waals surface area contributed by atoms with Crippen LogP contribution in [-0.4, -0.2) is 15.0 Å². The molecule has 0 aliphatic rings. The van der Waals surface area contributed by atoms with E-state index in [1.807, 2.05) is 13.8 Å². The van der Waals surface area contributed by atoms with Crippen LogP contribution < -0.4 is 9.88 Å². The molecule has 0 unspecified atom stereocenters. The highest BCUT2D eigenvalue weighted by molar-refractivity contribution is 7.89. The van der Waals surface area contributed by atoms with Crippen LogP contribution in [0.2, 0.25) is 0 Å². The van der Waals surface area contributed by atoms with Crippen molar-refractivity contribution in [2.24, 2.45) is 5.14 Å². The molecule has 4 nitrogen and oxygen atoms in total. The van der Waals surface area contributed by atoms with Gasteiger partial charge in [-0.1, -0.05) is 0 Å². The Morgan fingerprint density at radius 3 is 2.42 bits per heavy atom. The van der Waals surface area contributed by atoms with Gasteiger partial charge in [-0.2, -0.15) is 0 Å². The Morgan fingerprint density at radius 2 is 1.89 bits per heavy atom. The second kappa shape index (κ2) is 6.09. The van der Waals surface area contributed by atoms with Crippen molar-refractivity contribution >= 4 is 10.0 Å². The van der Waals surface area contributed by atoms with E-state index in [0.717, 1.165) is 11.1 Å². The van der Waals surface area contributed by atoms with Gasteiger partial charge >= 0.3 is 0 Å². The van der Waals surface area contributed by atoms with Gasteiger partial charge in [0, 0.05) is 6.42 Å². The van der Waals surface area contributed by atoms with Gasteiger partial charge in [-0.05, 0) is 50.5 Å². The minimum Gasteiger partial charge on any atom is -0.492 e. The van der Waals surface area contributed by atoms with Gasteiger partial charge in [-0.15, -0.1) is 11.8 Å². The predicted molar refractivity (Wildman–Crippen MR) is 75.6 cm³/mol. The lowest BCUT2D eigenvalue weighted by Crippen LogP contribution is -2.15. The van der Waals surface area contributed by atoms with E-state index in [4.69, 9.17) is 9.88 Å². The number of hydrogen-bond donors (Lipinski definition) is 1. The molecule has 0 fully saturated rings. The first kappa shape index (κ1) is 15.5. The number of hydrogen-bond acceptors (Lipinski definition) is 3. The van der Waals surface area contributed by atoms with Gasteiger partial charge in [-0.25, -0.2) is 13.6 Å². The number of primary sulfonamides is 1. The number of rotatable bonds is 4.